The van der Waals surface area contributed by atoms with Gasteiger partial charge in [0.1, 0.15) is 5.56 Å². The number of carbonyl (C=O) groups is 2. The smallest absolute Gasteiger partial charge is 0.259 e. The van der Waals surface area contributed by atoms with E-state index in [9.17, 15) is 9.59 Å². The van der Waals surface area contributed by atoms with Crippen molar-refractivity contribution in [1.82, 2.24) is 29.7 Å². The topological polar surface area (TPSA) is 82.8 Å². The normalized spacial score (nSPS) is 17.2. The first-order valence-corrected chi connectivity index (χ1v) is 9.12. The summed E-state index contributed by atoms with van der Waals surface area (Å²) in [4.78, 5) is 32.5. The van der Waals surface area contributed by atoms with Gasteiger partial charge in [0.05, 0.1) is 6.20 Å². The van der Waals surface area contributed by atoms with Gasteiger partial charge < -0.3 is 10.2 Å². The first-order valence-electron chi connectivity index (χ1n) is 9.12. The monoisotopic (exact) mass is 358 g/mol. The van der Waals surface area contributed by atoms with Crippen molar-refractivity contribution >= 4 is 17.5 Å². The zero-order chi connectivity index (χ0) is 18.7. The summed E-state index contributed by atoms with van der Waals surface area (Å²) in [5.41, 5.74) is 2.14. The fraction of sp³-hybridized carbons (Fsp3) is 0.556. The number of hydrogen-bond acceptors (Lipinski definition) is 5. The molecule has 140 valence electrons. The van der Waals surface area contributed by atoms with Crippen LogP contribution < -0.4 is 5.32 Å². The molecule has 1 aliphatic rings. The van der Waals surface area contributed by atoms with Crippen molar-refractivity contribution in [3.05, 3.63) is 29.7 Å². The Morgan fingerprint density at radius 2 is 2.08 bits per heavy atom. The molecule has 3 heterocycles. The fourth-order valence-electron chi connectivity index (χ4n) is 3.37. The Balaban J connectivity index is 1.74. The van der Waals surface area contributed by atoms with Gasteiger partial charge in [-0.1, -0.05) is 13.8 Å². The van der Waals surface area contributed by atoms with E-state index in [1.54, 1.807) is 15.6 Å². The Labute approximate surface area is 153 Å². The summed E-state index contributed by atoms with van der Waals surface area (Å²) in [5, 5.41) is 7.19. The highest BCUT2D eigenvalue weighted by molar-refractivity contribution is 5.99. The quantitative estimate of drug-likeness (QED) is 0.830. The molecule has 2 amide bonds. The molecular formula is C18H26N6O2. The van der Waals surface area contributed by atoms with Crippen LogP contribution in [0.1, 0.15) is 43.1 Å². The van der Waals surface area contributed by atoms with Crippen LogP contribution in [0.5, 0.6) is 0 Å². The molecule has 26 heavy (non-hydrogen) atoms. The van der Waals surface area contributed by atoms with Crippen molar-refractivity contribution in [2.24, 2.45) is 0 Å². The van der Waals surface area contributed by atoms with Crippen molar-refractivity contribution < 1.29 is 9.59 Å². The highest BCUT2D eigenvalue weighted by Gasteiger charge is 2.29. The minimum atomic E-state index is -0.0863. The predicted molar refractivity (Wildman–Crippen MR) is 97.7 cm³/mol. The van der Waals surface area contributed by atoms with Gasteiger partial charge in [0.25, 0.3) is 5.91 Å². The van der Waals surface area contributed by atoms with Gasteiger partial charge in [-0.25, -0.2) is 9.50 Å². The molecule has 0 bridgehead atoms. The van der Waals surface area contributed by atoms with Crippen LogP contribution in [-0.4, -0.2) is 68.4 Å². The minimum Gasteiger partial charge on any atom is -0.352 e. The Kier molecular flexibility index (Phi) is 5.51. The van der Waals surface area contributed by atoms with Gasteiger partial charge in [-0.05, 0) is 19.5 Å². The van der Waals surface area contributed by atoms with Crippen LogP contribution in [0.4, 0.5) is 0 Å². The van der Waals surface area contributed by atoms with Crippen LogP contribution in [0, 0.1) is 0 Å². The van der Waals surface area contributed by atoms with E-state index >= 15 is 0 Å². The third-order valence-electron chi connectivity index (χ3n) is 4.82. The third-order valence-corrected chi connectivity index (χ3v) is 4.82. The van der Waals surface area contributed by atoms with E-state index in [2.05, 4.69) is 34.1 Å². The molecule has 0 saturated carbocycles. The number of nitrogens with one attached hydrogen (secondary N) is 1. The van der Waals surface area contributed by atoms with Gasteiger partial charge in [0.15, 0.2) is 5.65 Å². The average Bonchev–Trinajstić information content (AvgIpc) is 3.25. The van der Waals surface area contributed by atoms with Gasteiger partial charge in [-0.2, -0.15) is 5.10 Å². The SMILES string of the molecule is CCN(CC)Cc1cnc2c(C(=O)N3CCC(NC(C)=O)C3)cnn2c1. The number of likely N-dealkylation sites (tertiary alicyclic amines) is 1. The number of fused-ring (bicyclic) bond motifs is 1. The fourth-order valence-corrected chi connectivity index (χ4v) is 3.37. The lowest BCUT2D eigenvalue weighted by atomic mass is 10.2. The van der Waals surface area contributed by atoms with E-state index in [0.717, 1.165) is 31.6 Å². The highest BCUT2D eigenvalue weighted by Crippen LogP contribution is 2.17. The Hall–Kier alpha value is -2.48. The van der Waals surface area contributed by atoms with Gasteiger partial charge in [-0.15, -0.1) is 0 Å². The second kappa shape index (κ2) is 7.82. The maximum absolute atomic E-state index is 12.8. The van der Waals surface area contributed by atoms with E-state index in [1.807, 2.05) is 12.4 Å². The molecule has 1 unspecified atom stereocenters. The lowest BCUT2D eigenvalue weighted by Crippen LogP contribution is -2.37. The molecule has 8 nitrogen and oxygen atoms in total. The van der Waals surface area contributed by atoms with Crippen molar-refractivity contribution in [2.75, 3.05) is 26.2 Å². The number of rotatable bonds is 6. The second-order valence-corrected chi connectivity index (χ2v) is 6.69. The van der Waals surface area contributed by atoms with Crippen molar-refractivity contribution in [3.63, 3.8) is 0 Å². The Bertz CT molecular complexity index is 798. The molecule has 1 aliphatic heterocycles. The van der Waals surface area contributed by atoms with Crippen molar-refractivity contribution in [1.29, 1.82) is 0 Å². The van der Waals surface area contributed by atoms with E-state index in [1.165, 1.54) is 6.92 Å². The molecule has 0 spiro atoms. The van der Waals surface area contributed by atoms with Crippen LogP contribution in [0.2, 0.25) is 0 Å². The maximum atomic E-state index is 12.8. The number of nitrogens with zero attached hydrogens (tertiary/aromatic N) is 5. The van der Waals surface area contributed by atoms with E-state index in [0.29, 0.717) is 24.3 Å². The molecule has 2 aromatic rings. The molecule has 0 radical (unpaired) electrons. The third kappa shape index (κ3) is 3.85. The molecule has 1 saturated heterocycles. The standard InChI is InChI=1S/C18H26N6O2/c1-4-22(5-2)10-14-8-19-17-16(9-20-24(17)11-14)18(26)23-7-6-15(12-23)21-13(3)25/h8-9,11,15H,4-7,10,12H2,1-3H3,(H,21,25). The van der Waals surface area contributed by atoms with Crippen molar-refractivity contribution in [2.45, 2.75) is 39.8 Å². The Morgan fingerprint density at radius 1 is 1.31 bits per heavy atom. The molecule has 2 aromatic heterocycles. The summed E-state index contributed by atoms with van der Waals surface area (Å²) >= 11 is 0. The molecule has 0 aliphatic carbocycles. The van der Waals surface area contributed by atoms with Gasteiger partial charge in [-0.3, -0.25) is 14.5 Å². The summed E-state index contributed by atoms with van der Waals surface area (Å²) < 4.78 is 1.67. The number of aromatic nitrogens is 3. The molecule has 0 aromatic carbocycles. The van der Waals surface area contributed by atoms with Crippen LogP contribution in [0.25, 0.3) is 5.65 Å². The Morgan fingerprint density at radius 3 is 2.77 bits per heavy atom. The van der Waals surface area contributed by atoms with E-state index in [-0.39, 0.29) is 17.9 Å². The van der Waals surface area contributed by atoms with Crippen LogP contribution in [-0.2, 0) is 11.3 Å². The molecule has 1 atom stereocenters. The summed E-state index contributed by atoms with van der Waals surface area (Å²) in [6.45, 7) is 9.66. The summed E-state index contributed by atoms with van der Waals surface area (Å²) in [6, 6.07) is 0.0203. The summed E-state index contributed by atoms with van der Waals surface area (Å²) in [5.74, 6) is -0.153. The minimum absolute atomic E-state index is 0.0203. The summed E-state index contributed by atoms with van der Waals surface area (Å²) in [7, 11) is 0. The lowest BCUT2D eigenvalue weighted by Gasteiger charge is -2.18. The second-order valence-electron chi connectivity index (χ2n) is 6.69. The van der Waals surface area contributed by atoms with E-state index < -0.39 is 0 Å². The largest absolute Gasteiger partial charge is 0.352 e. The van der Waals surface area contributed by atoms with E-state index in [4.69, 9.17) is 0 Å². The lowest BCUT2D eigenvalue weighted by molar-refractivity contribution is -0.119. The molecule has 1 fully saturated rings. The number of hydrogen-bond donors (Lipinski definition) is 1. The zero-order valence-electron chi connectivity index (χ0n) is 15.6. The predicted octanol–water partition coefficient (Wildman–Crippen LogP) is 0.922. The molecule has 3 rings (SSSR count). The van der Waals surface area contributed by atoms with Gasteiger partial charge in [0.2, 0.25) is 5.91 Å². The zero-order valence-corrected chi connectivity index (χ0v) is 15.6. The van der Waals surface area contributed by atoms with Crippen LogP contribution in [0.3, 0.4) is 0 Å². The maximum Gasteiger partial charge on any atom is 0.259 e. The molecular weight excluding hydrogens is 332 g/mol. The molecule has 8 heteroatoms. The van der Waals surface area contributed by atoms with Crippen LogP contribution in [0.15, 0.2) is 18.6 Å². The number of amides is 2. The van der Waals surface area contributed by atoms with Crippen molar-refractivity contribution in [3.8, 4) is 0 Å². The number of carbonyl (C=O) groups excluding carboxylic acids is 2. The van der Waals surface area contributed by atoms with Crippen LogP contribution >= 0.6 is 0 Å². The first-order chi connectivity index (χ1) is 12.5. The summed E-state index contributed by atoms with van der Waals surface area (Å²) in [6.07, 6.45) is 6.10. The highest BCUT2D eigenvalue weighted by atomic mass is 16.2. The molecule has 1 N–H and O–H groups in total. The van der Waals surface area contributed by atoms with Gasteiger partial charge in [0, 0.05) is 50.6 Å². The van der Waals surface area contributed by atoms with Gasteiger partial charge >= 0.3 is 0 Å². The first kappa shape index (κ1) is 18.3. The average molecular weight is 358 g/mol.